The molecule has 0 heterocycles. The molecule has 2 rings (SSSR count). The summed E-state index contributed by atoms with van der Waals surface area (Å²) < 4.78 is 5.30. The topological polar surface area (TPSA) is 46.6 Å². The summed E-state index contributed by atoms with van der Waals surface area (Å²) in [5.41, 5.74) is 0.991. The smallest absolute Gasteiger partial charge is 0.409 e. The Bertz CT molecular complexity index is 452. The highest BCUT2D eigenvalue weighted by molar-refractivity contribution is 5.67. The van der Waals surface area contributed by atoms with Crippen LogP contribution in [0.3, 0.4) is 0 Å². The van der Waals surface area contributed by atoms with Crippen LogP contribution in [0.4, 0.5) is 4.79 Å². The zero-order valence-corrected chi connectivity index (χ0v) is 12.5. The van der Waals surface area contributed by atoms with Gasteiger partial charge in [0, 0.05) is 19.5 Å². The van der Waals surface area contributed by atoms with Gasteiger partial charge in [0.15, 0.2) is 0 Å². The van der Waals surface area contributed by atoms with Crippen molar-refractivity contribution >= 4 is 12.4 Å². The van der Waals surface area contributed by atoms with E-state index in [9.17, 15) is 9.59 Å². The Labute approximate surface area is 126 Å². The van der Waals surface area contributed by atoms with Crippen molar-refractivity contribution in [3.05, 3.63) is 35.9 Å². The summed E-state index contributed by atoms with van der Waals surface area (Å²) in [6.07, 6.45) is 4.70. The standard InChI is InChI=1S/C17H23NO3/c1-18(11-14-7-9-15(12-19)10-8-14)17(20)21-13-16-5-3-2-4-6-16/h2-6,12,14-15H,7-11,13H2,1H3/t14-,15-. The van der Waals surface area contributed by atoms with Crippen LogP contribution in [0.15, 0.2) is 30.3 Å². The maximum absolute atomic E-state index is 12.0. The van der Waals surface area contributed by atoms with Crippen molar-refractivity contribution in [1.82, 2.24) is 4.90 Å². The van der Waals surface area contributed by atoms with Gasteiger partial charge in [-0.1, -0.05) is 30.3 Å². The molecule has 1 aromatic carbocycles. The lowest BCUT2D eigenvalue weighted by atomic mass is 9.82. The molecule has 0 bridgehead atoms. The van der Waals surface area contributed by atoms with Gasteiger partial charge in [0.2, 0.25) is 0 Å². The molecular formula is C17H23NO3. The highest BCUT2D eigenvalue weighted by Crippen LogP contribution is 2.28. The third-order valence-electron chi connectivity index (χ3n) is 4.13. The van der Waals surface area contributed by atoms with E-state index in [0.29, 0.717) is 19.1 Å². The molecule has 1 aromatic rings. The quantitative estimate of drug-likeness (QED) is 0.782. The van der Waals surface area contributed by atoms with Crippen LogP contribution in [0, 0.1) is 11.8 Å². The largest absolute Gasteiger partial charge is 0.445 e. The Morgan fingerprint density at radius 3 is 2.52 bits per heavy atom. The first-order chi connectivity index (χ1) is 10.2. The van der Waals surface area contributed by atoms with E-state index in [1.807, 2.05) is 30.3 Å². The van der Waals surface area contributed by atoms with Gasteiger partial charge in [0.25, 0.3) is 0 Å². The van der Waals surface area contributed by atoms with Gasteiger partial charge in [-0.2, -0.15) is 0 Å². The summed E-state index contributed by atoms with van der Waals surface area (Å²) in [5, 5.41) is 0. The summed E-state index contributed by atoms with van der Waals surface area (Å²) in [7, 11) is 1.78. The SMILES string of the molecule is CN(C[C@H]1CC[C@H](C=O)CC1)C(=O)OCc1ccccc1. The second-order valence-electron chi connectivity index (χ2n) is 5.84. The number of ether oxygens (including phenoxy) is 1. The first kappa shape index (κ1) is 15.5. The lowest BCUT2D eigenvalue weighted by Crippen LogP contribution is -2.33. The van der Waals surface area contributed by atoms with Gasteiger partial charge >= 0.3 is 6.09 Å². The number of nitrogens with zero attached hydrogens (tertiary/aromatic N) is 1. The minimum absolute atomic E-state index is 0.219. The number of carbonyl (C=O) groups is 2. The summed E-state index contributed by atoms with van der Waals surface area (Å²) in [6, 6.07) is 9.67. The summed E-state index contributed by atoms with van der Waals surface area (Å²) >= 11 is 0. The van der Waals surface area contributed by atoms with Gasteiger partial charge in [-0.05, 0) is 37.2 Å². The van der Waals surface area contributed by atoms with E-state index in [1.165, 1.54) is 0 Å². The molecule has 0 unspecified atom stereocenters. The lowest BCUT2D eigenvalue weighted by molar-refractivity contribution is -0.112. The van der Waals surface area contributed by atoms with Crippen LogP contribution in [0.5, 0.6) is 0 Å². The van der Waals surface area contributed by atoms with Crippen molar-refractivity contribution in [3.63, 3.8) is 0 Å². The number of aldehydes is 1. The van der Waals surface area contributed by atoms with Gasteiger partial charge in [-0.25, -0.2) is 4.79 Å². The van der Waals surface area contributed by atoms with Crippen LogP contribution in [-0.2, 0) is 16.1 Å². The van der Waals surface area contributed by atoms with E-state index in [-0.39, 0.29) is 12.0 Å². The fourth-order valence-corrected chi connectivity index (χ4v) is 2.80. The molecular weight excluding hydrogens is 266 g/mol. The highest BCUT2D eigenvalue weighted by atomic mass is 16.6. The van der Waals surface area contributed by atoms with Crippen molar-refractivity contribution in [1.29, 1.82) is 0 Å². The van der Waals surface area contributed by atoms with Crippen LogP contribution < -0.4 is 0 Å². The number of hydrogen-bond donors (Lipinski definition) is 0. The van der Waals surface area contributed by atoms with E-state index in [4.69, 9.17) is 4.74 Å². The molecule has 0 saturated heterocycles. The zero-order valence-electron chi connectivity index (χ0n) is 12.5. The number of carbonyl (C=O) groups excluding carboxylic acids is 2. The zero-order chi connectivity index (χ0) is 15.1. The predicted octanol–water partition coefficient (Wildman–Crippen LogP) is 3.26. The van der Waals surface area contributed by atoms with E-state index in [2.05, 4.69) is 0 Å². The lowest BCUT2D eigenvalue weighted by Gasteiger charge is -2.28. The molecule has 1 aliphatic carbocycles. The average molecular weight is 289 g/mol. The summed E-state index contributed by atoms with van der Waals surface area (Å²) in [6.45, 7) is 1.01. The molecule has 1 amide bonds. The fourth-order valence-electron chi connectivity index (χ4n) is 2.80. The van der Waals surface area contributed by atoms with Gasteiger partial charge in [0.1, 0.15) is 12.9 Å². The van der Waals surface area contributed by atoms with Gasteiger partial charge in [0.05, 0.1) is 0 Å². The molecule has 21 heavy (non-hydrogen) atoms. The number of rotatable bonds is 5. The Morgan fingerprint density at radius 1 is 1.24 bits per heavy atom. The maximum atomic E-state index is 12.0. The second-order valence-corrected chi connectivity index (χ2v) is 5.84. The molecule has 4 heteroatoms. The Morgan fingerprint density at radius 2 is 1.90 bits per heavy atom. The van der Waals surface area contributed by atoms with Crippen molar-refractivity contribution in [2.75, 3.05) is 13.6 Å². The van der Waals surface area contributed by atoms with Crippen LogP contribution in [-0.4, -0.2) is 30.9 Å². The van der Waals surface area contributed by atoms with E-state index < -0.39 is 0 Å². The van der Waals surface area contributed by atoms with E-state index >= 15 is 0 Å². The molecule has 1 saturated carbocycles. The Kier molecular flexibility index (Phi) is 5.78. The van der Waals surface area contributed by atoms with Crippen molar-refractivity contribution in [3.8, 4) is 0 Å². The molecule has 4 nitrogen and oxygen atoms in total. The molecule has 1 aliphatic rings. The van der Waals surface area contributed by atoms with Gasteiger partial charge in [-0.15, -0.1) is 0 Å². The third-order valence-corrected chi connectivity index (χ3v) is 4.13. The Balaban J connectivity index is 1.71. The van der Waals surface area contributed by atoms with Crippen LogP contribution in [0.25, 0.3) is 0 Å². The normalized spacial score (nSPS) is 21.6. The first-order valence-corrected chi connectivity index (χ1v) is 7.56. The van der Waals surface area contributed by atoms with E-state index in [1.54, 1.807) is 11.9 Å². The molecule has 0 radical (unpaired) electrons. The van der Waals surface area contributed by atoms with Crippen molar-refractivity contribution in [2.24, 2.45) is 11.8 Å². The maximum Gasteiger partial charge on any atom is 0.409 e. The molecule has 0 spiro atoms. The molecule has 0 aliphatic heterocycles. The average Bonchev–Trinajstić information content (AvgIpc) is 2.54. The van der Waals surface area contributed by atoms with Gasteiger partial charge < -0.3 is 14.4 Å². The monoisotopic (exact) mass is 289 g/mol. The minimum atomic E-state index is -0.281. The van der Waals surface area contributed by atoms with Crippen LogP contribution >= 0.6 is 0 Å². The van der Waals surface area contributed by atoms with Crippen molar-refractivity contribution in [2.45, 2.75) is 32.3 Å². The number of benzene rings is 1. The molecule has 114 valence electrons. The number of amides is 1. The van der Waals surface area contributed by atoms with Gasteiger partial charge in [-0.3, -0.25) is 0 Å². The second kappa shape index (κ2) is 7.81. The molecule has 0 atom stereocenters. The minimum Gasteiger partial charge on any atom is -0.445 e. The van der Waals surface area contributed by atoms with Crippen molar-refractivity contribution < 1.29 is 14.3 Å². The molecule has 0 aromatic heterocycles. The summed E-state index contributed by atoms with van der Waals surface area (Å²) in [4.78, 5) is 24.3. The molecule has 1 fully saturated rings. The van der Waals surface area contributed by atoms with E-state index in [0.717, 1.165) is 37.5 Å². The fraction of sp³-hybridized carbons (Fsp3) is 0.529. The summed E-state index contributed by atoms with van der Waals surface area (Å²) in [5.74, 6) is 0.701. The molecule has 0 N–H and O–H groups in total. The number of hydrogen-bond acceptors (Lipinski definition) is 3. The predicted molar refractivity (Wildman–Crippen MR) is 80.8 cm³/mol. The van der Waals surface area contributed by atoms with Crippen LogP contribution in [0.2, 0.25) is 0 Å². The first-order valence-electron chi connectivity index (χ1n) is 7.56. The highest BCUT2D eigenvalue weighted by Gasteiger charge is 2.23. The van der Waals surface area contributed by atoms with Crippen LogP contribution in [0.1, 0.15) is 31.2 Å². The third kappa shape index (κ3) is 4.88. The Hall–Kier alpha value is -1.84.